The van der Waals surface area contributed by atoms with Crippen LogP contribution in [0.5, 0.6) is 0 Å². The molecule has 0 aliphatic rings. The van der Waals surface area contributed by atoms with E-state index in [2.05, 4.69) is 4.72 Å². The van der Waals surface area contributed by atoms with Gasteiger partial charge >= 0.3 is 5.97 Å². The average Bonchev–Trinajstić information content (AvgIpc) is 2.55. The van der Waals surface area contributed by atoms with E-state index in [0.29, 0.717) is 0 Å². The molecule has 0 unspecified atom stereocenters. The van der Waals surface area contributed by atoms with E-state index in [1.807, 2.05) is 0 Å². The molecule has 0 bridgehead atoms. The van der Waals surface area contributed by atoms with Crippen LogP contribution in [0, 0.1) is 0 Å². The standard InChI is InChI=1S/C15H16N2O6S2/c1-2-23-15(18)11-6-8-12(9-7-11)17-25(21,22)14-5-3-4-13(10-14)24(16,19)20/h3-10,17H,2H2,1H3,(H2,16,19,20). The van der Waals surface area contributed by atoms with Crippen molar-refractivity contribution >= 4 is 31.7 Å². The van der Waals surface area contributed by atoms with Crippen LogP contribution in [0.4, 0.5) is 5.69 Å². The molecule has 2 rings (SSSR count). The van der Waals surface area contributed by atoms with Gasteiger partial charge in [0.2, 0.25) is 10.0 Å². The lowest BCUT2D eigenvalue weighted by Gasteiger charge is -2.09. The normalized spacial score (nSPS) is 11.8. The number of hydrogen-bond donors (Lipinski definition) is 2. The van der Waals surface area contributed by atoms with Crippen molar-refractivity contribution in [3.63, 3.8) is 0 Å². The monoisotopic (exact) mass is 384 g/mol. The molecule has 0 spiro atoms. The second-order valence-electron chi connectivity index (χ2n) is 4.92. The number of anilines is 1. The van der Waals surface area contributed by atoms with Gasteiger partial charge in [-0.05, 0) is 49.4 Å². The third-order valence-electron chi connectivity index (χ3n) is 3.09. The summed E-state index contributed by atoms with van der Waals surface area (Å²) in [5, 5.41) is 5.00. The predicted molar refractivity (Wildman–Crippen MR) is 91.0 cm³/mol. The van der Waals surface area contributed by atoms with Crippen molar-refractivity contribution < 1.29 is 26.4 Å². The highest BCUT2D eigenvalue weighted by Crippen LogP contribution is 2.19. The molecule has 0 heterocycles. The fourth-order valence-corrected chi connectivity index (χ4v) is 3.66. The molecular formula is C15H16N2O6S2. The largest absolute Gasteiger partial charge is 0.462 e. The molecule has 0 aromatic heterocycles. The zero-order chi connectivity index (χ0) is 18.7. The number of nitrogens with two attached hydrogens (primary N) is 1. The Morgan fingerprint density at radius 2 is 1.64 bits per heavy atom. The lowest BCUT2D eigenvalue weighted by molar-refractivity contribution is 0.0526. The molecule has 134 valence electrons. The van der Waals surface area contributed by atoms with Gasteiger partial charge in [0.05, 0.1) is 22.0 Å². The van der Waals surface area contributed by atoms with Crippen LogP contribution in [0.25, 0.3) is 0 Å². The maximum absolute atomic E-state index is 12.4. The van der Waals surface area contributed by atoms with E-state index in [-0.39, 0.29) is 27.6 Å². The van der Waals surface area contributed by atoms with Crippen molar-refractivity contribution in [3.8, 4) is 0 Å². The van der Waals surface area contributed by atoms with E-state index in [1.165, 1.54) is 42.5 Å². The zero-order valence-corrected chi connectivity index (χ0v) is 14.8. The molecule has 0 aliphatic heterocycles. The number of ether oxygens (including phenoxy) is 1. The second-order valence-corrected chi connectivity index (χ2v) is 8.17. The molecule has 0 saturated heterocycles. The van der Waals surface area contributed by atoms with Gasteiger partial charge in [0.25, 0.3) is 10.0 Å². The molecule has 0 fully saturated rings. The Bertz CT molecular complexity index is 983. The quantitative estimate of drug-likeness (QED) is 0.722. The molecule has 0 amide bonds. The summed E-state index contributed by atoms with van der Waals surface area (Å²) in [6, 6.07) is 10.3. The van der Waals surface area contributed by atoms with Crippen molar-refractivity contribution in [2.24, 2.45) is 5.14 Å². The highest BCUT2D eigenvalue weighted by molar-refractivity contribution is 7.93. The number of carbonyl (C=O) groups is 1. The minimum absolute atomic E-state index is 0.203. The van der Waals surface area contributed by atoms with Crippen LogP contribution in [-0.4, -0.2) is 29.4 Å². The Balaban J connectivity index is 2.26. The van der Waals surface area contributed by atoms with Crippen molar-refractivity contribution in [1.82, 2.24) is 0 Å². The number of nitrogens with one attached hydrogen (secondary N) is 1. The highest BCUT2D eigenvalue weighted by Gasteiger charge is 2.18. The van der Waals surface area contributed by atoms with Crippen LogP contribution in [0.15, 0.2) is 58.3 Å². The third-order valence-corrected chi connectivity index (χ3v) is 5.38. The Morgan fingerprint density at radius 3 is 2.20 bits per heavy atom. The zero-order valence-electron chi connectivity index (χ0n) is 13.2. The Morgan fingerprint density at radius 1 is 1.04 bits per heavy atom. The summed E-state index contributed by atoms with van der Waals surface area (Å²) in [7, 11) is -8.05. The topological polar surface area (TPSA) is 133 Å². The average molecular weight is 384 g/mol. The number of rotatable bonds is 6. The predicted octanol–water partition coefficient (Wildman–Crippen LogP) is 1.31. The Labute approximate surface area is 145 Å². The smallest absolute Gasteiger partial charge is 0.338 e. The summed E-state index contributed by atoms with van der Waals surface area (Å²) in [5.41, 5.74) is 0.482. The molecule has 0 atom stereocenters. The van der Waals surface area contributed by atoms with Gasteiger partial charge < -0.3 is 4.74 Å². The van der Waals surface area contributed by atoms with Gasteiger partial charge in [0.1, 0.15) is 0 Å². The van der Waals surface area contributed by atoms with Gasteiger partial charge in [-0.15, -0.1) is 0 Å². The summed E-state index contributed by atoms with van der Waals surface area (Å²) >= 11 is 0. The summed E-state index contributed by atoms with van der Waals surface area (Å²) in [6.07, 6.45) is 0. The van der Waals surface area contributed by atoms with Crippen LogP contribution in [0.1, 0.15) is 17.3 Å². The number of primary sulfonamides is 1. The molecule has 2 aromatic carbocycles. The minimum atomic E-state index is -4.03. The Hall–Kier alpha value is -2.43. The first-order chi connectivity index (χ1) is 11.6. The van der Waals surface area contributed by atoms with Gasteiger partial charge in [0.15, 0.2) is 0 Å². The molecule has 10 heteroatoms. The van der Waals surface area contributed by atoms with E-state index in [9.17, 15) is 21.6 Å². The maximum atomic E-state index is 12.4. The number of esters is 1. The van der Waals surface area contributed by atoms with Crippen LogP contribution in [0.3, 0.4) is 0 Å². The summed E-state index contributed by atoms with van der Waals surface area (Å²) in [5.74, 6) is -0.516. The number of hydrogen-bond acceptors (Lipinski definition) is 6. The van der Waals surface area contributed by atoms with Gasteiger partial charge in [0, 0.05) is 5.69 Å². The third kappa shape index (κ3) is 4.78. The summed E-state index contributed by atoms with van der Waals surface area (Å²) < 4.78 is 54.5. The maximum Gasteiger partial charge on any atom is 0.338 e. The summed E-state index contributed by atoms with van der Waals surface area (Å²) in [6.45, 7) is 1.91. The number of sulfonamides is 2. The van der Waals surface area contributed by atoms with Gasteiger partial charge in [-0.25, -0.2) is 26.8 Å². The van der Waals surface area contributed by atoms with E-state index in [4.69, 9.17) is 9.88 Å². The fraction of sp³-hybridized carbons (Fsp3) is 0.133. The number of benzene rings is 2. The molecule has 2 aromatic rings. The molecule has 25 heavy (non-hydrogen) atoms. The van der Waals surface area contributed by atoms with Crippen LogP contribution < -0.4 is 9.86 Å². The van der Waals surface area contributed by atoms with Gasteiger partial charge in [-0.3, -0.25) is 4.72 Å². The van der Waals surface area contributed by atoms with Gasteiger partial charge in [-0.1, -0.05) is 6.07 Å². The van der Waals surface area contributed by atoms with Crippen LogP contribution in [0.2, 0.25) is 0 Å². The van der Waals surface area contributed by atoms with E-state index in [1.54, 1.807) is 6.92 Å². The van der Waals surface area contributed by atoms with Crippen molar-refractivity contribution in [2.45, 2.75) is 16.7 Å². The highest BCUT2D eigenvalue weighted by atomic mass is 32.2. The van der Waals surface area contributed by atoms with E-state index < -0.39 is 26.0 Å². The van der Waals surface area contributed by atoms with Crippen LogP contribution in [-0.2, 0) is 24.8 Å². The minimum Gasteiger partial charge on any atom is -0.462 e. The van der Waals surface area contributed by atoms with Crippen molar-refractivity contribution in [1.29, 1.82) is 0 Å². The van der Waals surface area contributed by atoms with E-state index in [0.717, 1.165) is 6.07 Å². The Kier molecular flexibility index (Phi) is 5.45. The fourth-order valence-electron chi connectivity index (χ4n) is 1.92. The first-order valence-corrected chi connectivity index (χ1v) is 10.1. The van der Waals surface area contributed by atoms with Crippen LogP contribution >= 0.6 is 0 Å². The molecule has 8 nitrogen and oxygen atoms in total. The first kappa shape index (κ1) is 18.9. The second kappa shape index (κ2) is 7.21. The molecule has 0 saturated carbocycles. The lowest BCUT2D eigenvalue weighted by Crippen LogP contribution is -2.16. The molecule has 0 aliphatic carbocycles. The molecule has 0 radical (unpaired) electrons. The lowest BCUT2D eigenvalue weighted by atomic mass is 10.2. The molecular weight excluding hydrogens is 368 g/mol. The van der Waals surface area contributed by atoms with Crippen molar-refractivity contribution in [3.05, 3.63) is 54.1 Å². The van der Waals surface area contributed by atoms with Crippen molar-refractivity contribution in [2.75, 3.05) is 11.3 Å². The first-order valence-electron chi connectivity index (χ1n) is 7.06. The summed E-state index contributed by atoms with van der Waals surface area (Å²) in [4.78, 5) is 11.0. The SMILES string of the molecule is CCOC(=O)c1ccc(NS(=O)(=O)c2cccc(S(N)(=O)=O)c2)cc1. The van der Waals surface area contributed by atoms with Gasteiger partial charge in [-0.2, -0.15) is 0 Å². The number of carbonyl (C=O) groups excluding carboxylic acids is 1. The van der Waals surface area contributed by atoms with E-state index >= 15 is 0 Å². The molecule has 3 N–H and O–H groups in total.